The molecular formula is C35H35N3O12. The number of ether oxygens (including phenoxy) is 2. The zero-order valence-corrected chi connectivity index (χ0v) is 26.6. The number of nitrogens with two attached hydrogens (primary N) is 2. The quantitative estimate of drug-likeness (QED) is 0.0727. The molecule has 2 aliphatic rings. The number of hydrogen-bond donors (Lipinski definition) is 9. The third kappa shape index (κ3) is 5.96. The molecule has 0 amide bonds. The Morgan fingerprint density at radius 2 is 1.76 bits per heavy atom. The summed E-state index contributed by atoms with van der Waals surface area (Å²) in [5.41, 5.74) is 11.0. The molecule has 6 rings (SSSR count). The minimum Gasteiger partial charge on any atom is -0.508 e. The predicted octanol–water partition coefficient (Wildman–Crippen LogP) is 1.93. The van der Waals surface area contributed by atoms with Crippen LogP contribution < -0.4 is 21.6 Å². The number of allylic oxidation sites excluding steroid dienone is 1. The molecule has 6 atom stereocenters. The Morgan fingerprint density at radius 1 is 1.02 bits per heavy atom. The van der Waals surface area contributed by atoms with Crippen molar-refractivity contribution in [3.63, 3.8) is 0 Å². The summed E-state index contributed by atoms with van der Waals surface area (Å²) in [5.74, 6) is -4.67. The van der Waals surface area contributed by atoms with Gasteiger partial charge in [0.25, 0.3) is 0 Å². The van der Waals surface area contributed by atoms with Crippen molar-refractivity contribution in [3.05, 3.63) is 81.5 Å². The van der Waals surface area contributed by atoms with E-state index in [-0.39, 0.29) is 23.0 Å². The lowest BCUT2D eigenvalue weighted by Crippen LogP contribution is -2.70. The van der Waals surface area contributed by atoms with E-state index in [1.165, 1.54) is 11.6 Å². The molecule has 15 heteroatoms. The van der Waals surface area contributed by atoms with Crippen molar-refractivity contribution in [2.24, 2.45) is 16.5 Å². The lowest BCUT2D eigenvalue weighted by atomic mass is 9.78. The zero-order chi connectivity index (χ0) is 36.1. The maximum Gasteiger partial charge on any atom is 0.335 e. The Balaban J connectivity index is 1.44. The molecule has 4 aromatic rings. The summed E-state index contributed by atoms with van der Waals surface area (Å²) < 4.78 is 16.9. The van der Waals surface area contributed by atoms with E-state index in [0.717, 1.165) is 29.7 Å². The van der Waals surface area contributed by atoms with Crippen LogP contribution in [0.25, 0.3) is 33.9 Å². The Labute approximate surface area is 283 Å². The molecule has 1 aromatic heterocycles. The summed E-state index contributed by atoms with van der Waals surface area (Å²) in [6, 6.07) is 14.7. The molecule has 0 bridgehead atoms. The SMILES string of the molecule is CC[C@H]1CC(c2cc(O)ccc2-c2cc(=O)c3c(O)c(O)c(O[C@H]4O[C@H](C(=O)O)[C@@H](O)[C@@](O)(CN=C(N)N)[C@H]4O)cc3o2)=Cc2ccccc21. The topological polar surface area (TPSA) is 272 Å². The molecule has 0 radical (unpaired) electrons. The molecule has 3 aromatic carbocycles. The third-order valence-electron chi connectivity index (χ3n) is 9.12. The smallest absolute Gasteiger partial charge is 0.335 e. The average Bonchev–Trinajstić information content (AvgIpc) is 3.08. The highest BCUT2D eigenvalue weighted by atomic mass is 16.7. The first kappa shape index (κ1) is 34.3. The van der Waals surface area contributed by atoms with Crippen molar-refractivity contribution in [1.82, 2.24) is 0 Å². The second-order valence-corrected chi connectivity index (χ2v) is 12.3. The lowest BCUT2D eigenvalue weighted by molar-refractivity contribution is -0.303. The number of aromatic hydroxyl groups is 3. The van der Waals surface area contributed by atoms with E-state index in [0.29, 0.717) is 17.5 Å². The van der Waals surface area contributed by atoms with E-state index in [9.17, 15) is 45.3 Å². The zero-order valence-electron chi connectivity index (χ0n) is 26.6. The molecule has 262 valence electrons. The van der Waals surface area contributed by atoms with Gasteiger partial charge in [0.15, 0.2) is 29.0 Å². The number of carboxylic acids is 1. The second-order valence-electron chi connectivity index (χ2n) is 12.3. The highest BCUT2D eigenvalue weighted by molar-refractivity contribution is 5.93. The van der Waals surface area contributed by atoms with Crippen LogP contribution in [0.3, 0.4) is 0 Å². The molecule has 0 saturated carbocycles. The number of aliphatic imine (C=N–C) groups is 1. The molecule has 0 unspecified atom stereocenters. The van der Waals surface area contributed by atoms with Crippen molar-refractivity contribution in [2.75, 3.05) is 6.54 Å². The standard InChI is InChI=1S/C35H35N3O12/c1-2-15-9-17(10-16-5-3-4-6-19(15)16)21-11-18(39)7-8-20(21)23-12-22(40)26-24(48-23)13-25(27(41)28(26)42)49-33-31(44)35(47,14-38-34(36)37)30(43)29(50-33)32(45)46/h3-8,10-13,15,29-31,33,39,41-44,47H,2,9,14H2,1H3,(H,45,46)(H4,36,37,38)/t15-,29-,30+,31-,33-,35-/m0/s1. The molecule has 1 aliphatic carbocycles. The number of fused-ring (bicyclic) bond motifs is 2. The van der Waals surface area contributed by atoms with Gasteiger partial charge in [0, 0.05) is 17.7 Å². The van der Waals surface area contributed by atoms with Crippen molar-refractivity contribution < 1.29 is 54.4 Å². The number of phenolic OH excluding ortho intramolecular Hbond substituents is 3. The van der Waals surface area contributed by atoms with Gasteiger partial charge in [-0.05, 0) is 59.2 Å². The fourth-order valence-corrected chi connectivity index (χ4v) is 6.47. The van der Waals surface area contributed by atoms with E-state index in [4.69, 9.17) is 25.4 Å². The van der Waals surface area contributed by atoms with Gasteiger partial charge < -0.3 is 61.1 Å². The van der Waals surface area contributed by atoms with Gasteiger partial charge in [-0.25, -0.2) is 4.79 Å². The number of carbonyl (C=O) groups is 1. The van der Waals surface area contributed by atoms with Gasteiger partial charge in [0.1, 0.15) is 40.3 Å². The van der Waals surface area contributed by atoms with Crippen molar-refractivity contribution in [1.29, 1.82) is 0 Å². The van der Waals surface area contributed by atoms with Crippen molar-refractivity contribution in [3.8, 4) is 34.3 Å². The van der Waals surface area contributed by atoms with Crippen molar-refractivity contribution in [2.45, 2.75) is 55.9 Å². The molecule has 1 saturated heterocycles. The average molecular weight is 690 g/mol. The van der Waals surface area contributed by atoms with E-state index >= 15 is 0 Å². The lowest BCUT2D eigenvalue weighted by Gasteiger charge is -2.45. The summed E-state index contributed by atoms with van der Waals surface area (Å²) >= 11 is 0. The maximum absolute atomic E-state index is 13.4. The molecule has 0 spiro atoms. The summed E-state index contributed by atoms with van der Waals surface area (Å²) in [7, 11) is 0. The molecule has 50 heavy (non-hydrogen) atoms. The highest BCUT2D eigenvalue weighted by Crippen LogP contribution is 2.46. The van der Waals surface area contributed by atoms with Gasteiger partial charge >= 0.3 is 5.97 Å². The Bertz CT molecular complexity index is 2110. The van der Waals surface area contributed by atoms with Gasteiger partial charge in [0.2, 0.25) is 12.0 Å². The first-order valence-electron chi connectivity index (χ1n) is 15.6. The van der Waals surface area contributed by atoms with Gasteiger partial charge in [-0.3, -0.25) is 9.79 Å². The number of rotatable bonds is 8. The van der Waals surface area contributed by atoms with Crippen LogP contribution in [0.1, 0.15) is 42.4 Å². The van der Waals surface area contributed by atoms with E-state index < -0.39 is 76.7 Å². The first-order valence-corrected chi connectivity index (χ1v) is 15.6. The Morgan fingerprint density at radius 3 is 2.46 bits per heavy atom. The second kappa shape index (κ2) is 13.0. The van der Waals surface area contributed by atoms with Crippen LogP contribution in [0, 0.1) is 0 Å². The Hall–Kier alpha value is -5.61. The van der Waals surface area contributed by atoms with Gasteiger partial charge in [0.05, 0.1) is 6.54 Å². The van der Waals surface area contributed by atoms with Crippen molar-refractivity contribution >= 4 is 34.5 Å². The van der Waals surface area contributed by atoms with Crippen LogP contribution in [0.5, 0.6) is 23.0 Å². The minimum absolute atomic E-state index is 0.0198. The molecule has 15 nitrogen and oxygen atoms in total. The number of guanidine groups is 1. The van der Waals surface area contributed by atoms with Crippen LogP contribution >= 0.6 is 0 Å². The largest absolute Gasteiger partial charge is 0.508 e. The minimum atomic E-state index is -2.72. The predicted molar refractivity (Wildman–Crippen MR) is 179 cm³/mol. The van der Waals surface area contributed by atoms with Crippen LogP contribution in [-0.2, 0) is 9.53 Å². The molecular weight excluding hydrogens is 654 g/mol. The normalized spacial score (nSPS) is 24.6. The number of benzene rings is 3. The first-order chi connectivity index (χ1) is 23.7. The fourth-order valence-electron chi connectivity index (χ4n) is 6.47. The third-order valence-corrected chi connectivity index (χ3v) is 9.12. The van der Waals surface area contributed by atoms with E-state index in [2.05, 4.69) is 18.0 Å². The van der Waals surface area contributed by atoms with Gasteiger partial charge in [-0.1, -0.05) is 37.3 Å². The number of phenols is 3. The number of hydrogen-bond acceptors (Lipinski definition) is 12. The summed E-state index contributed by atoms with van der Waals surface area (Å²) in [5, 5.41) is 74.1. The van der Waals surface area contributed by atoms with Crippen LogP contribution in [0.2, 0.25) is 0 Å². The number of aliphatic carboxylic acids is 1. The van der Waals surface area contributed by atoms with Gasteiger partial charge in [-0.2, -0.15) is 0 Å². The number of aliphatic hydroxyl groups excluding tert-OH is 2. The van der Waals surface area contributed by atoms with E-state index in [1.54, 1.807) is 12.1 Å². The monoisotopic (exact) mass is 689 g/mol. The highest BCUT2D eigenvalue weighted by Gasteiger charge is 2.58. The number of nitrogens with zero attached hydrogens (tertiary/aromatic N) is 1. The molecule has 1 fully saturated rings. The fraction of sp³-hybridized carbons (Fsp3) is 0.286. The van der Waals surface area contributed by atoms with Crippen LogP contribution in [0.15, 0.2) is 68.8 Å². The van der Waals surface area contributed by atoms with Gasteiger partial charge in [-0.15, -0.1) is 0 Å². The number of aliphatic hydroxyl groups is 3. The number of carboxylic acid groups (broad SMARTS) is 1. The summed E-state index contributed by atoms with van der Waals surface area (Å²) in [6.07, 6.45) is -5.20. The molecule has 2 heterocycles. The molecule has 1 aliphatic heterocycles. The summed E-state index contributed by atoms with van der Waals surface area (Å²) in [4.78, 5) is 28.9. The van der Waals surface area contributed by atoms with Crippen LogP contribution in [0.4, 0.5) is 0 Å². The maximum atomic E-state index is 13.4. The van der Waals surface area contributed by atoms with E-state index in [1.807, 2.05) is 24.3 Å². The Kier molecular flexibility index (Phi) is 8.92. The van der Waals surface area contributed by atoms with Crippen LogP contribution in [-0.4, -0.2) is 84.4 Å². The summed E-state index contributed by atoms with van der Waals surface area (Å²) in [6.45, 7) is 1.22. The molecule has 11 N–H and O–H groups in total.